The molecule has 32 nitrogen and oxygen atoms in total. The molecule has 386 valence electrons. The van der Waals surface area contributed by atoms with Crippen LogP contribution in [0, 0.1) is 10.1 Å². The van der Waals surface area contributed by atoms with Crippen molar-refractivity contribution in [3.05, 3.63) is 82.5 Å². The molecule has 0 saturated carbocycles. The van der Waals surface area contributed by atoms with Gasteiger partial charge in [0.2, 0.25) is 11.6 Å². The number of aliphatic hydroxyl groups excluding tert-OH is 2. The molecule has 0 aliphatic rings. The fourth-order valence-electron chi connectivity index (χ4n) is 6.29. The molecule has 0 fully saturated rings. The number of benzene rings is 5. The number of carbonyl (C=O) groups is 1. The zero-order valence-corrected chi connectivity index (χ0v) is 39.3. The van der Waals surface area contributed by atoms with Crippen molar-refractivity contribution in [1.29, 1.82) is 0 Å². The number of fused-ring (bicyclic) bond motifs is 1. The smallest absolute Gasteiger partial charge is 0.358 e. The van der Waals surface area contributed by atoms with Gasteiger partial charge in [-0.1, -0.05) is 0 Å². The summed E-state index contributed by atoms with van der Waals surface area (Å²) in [5.74, 6) is -5.41. The van der Waals surface area contributed by atoms with Crippen LogP contribution in [0.25, 0.3) is 16.5 Å². The summed E-state index contributed by atoms with van der Waals surface area (Å²) < 4.78 is 157. The molecule has 1 heterocycles. The number of phenolic OH excluding ortho intramolecular Hbond substituents is 1. The monoisotopic (exact) mass is 1100 g/mol. The van der Waals surface area contributed by atoms with Crippen molar-refractivity contribution < 1.29 is 101 Å². The normalized spacial score (nSPS) is 12.6. The molecule has 0 radical (unpaired) electrons. The third-order valence-electron chi connectivity index (χ3n) is 9.36. The maximum atomic E-state index is 13.1. The number of aromatic carboxylic acids is 1. The van der Waals surface area contributed by atoms with Gasteiger partial charge in [0, 0.05) is 41.1 Å². The number of non-ortho nitro benzene ring substituents is 1. The highest BCUT2D eigenvalue weighted by atomic mass is 32.2. The molecule has 0 aliphatic carbocycles. The van der Waals surface area contributed by atoms with Crippen LogP contribution in [0.1, 0.15) is 10.5 Å². The topological polar surface area (TPSA) is 499 Å². The van der Waals surface area contributed by atoms with Crippen LogP contribution in [0.2, 0.25) is 0 Å². The minimum absolute atomic E-state index is 0.0140. The molecule has 0 atom stereocenters. The second-order valence-electron chi connectivity index (χ2n) is 14.0. The Morgan fingerprint density at radius 1 is 0.644 bits per heavy atom. The van der Waals surface area contributed by atoms with Gasteiger partial charge in [0.05, 0.1) is 30.9 Å². The molecule has 1 aromatic heterocycles. The summed E-state index contributed by atoms with van der Waals surface area (Å²) >= 11 is 0. The molecule has 0 spiro atoms. The Hall–Kier alpha value is -8.20. The van der Waals surface area contributed by atoms with Gasteiger partial charge in [0.1, 0.15) is 78.5 Å². The highest BCUT2D eigenvalue weighted by Crippen LogP contribution is 2.48. The maximum absolute atomic E-state index is 13.1. The number of carboxylic acids is 1. The Bertz CT molecular complexity index is 3810. The van der Waals surface area contributed by atoms with Crippen molar-refractivity contribution in [1.82, 2.24) is 9.78 Å². The van der Waals surface area contributed by atoms with E-state index in [1.807, 2.05) is 0 Å². The Morgan fingerprint density at radius 3 is 1.66 bits per heavy atom. The first kappa shape index (κ1) is 54.1. The van der Waals surface area contributed by atoms with Crippen molar-refractivity contribution in [3.8, 4) is 34.6 Å². The number of nitro benzene ring substituents is 1. The fraction of sp³-hybridized carbons (Fsp3) is 0.135. The highest BCUT2D eigenvalue weighted by Gasteiger charge is 2.32. The van der Waals surface area contributed by atoms with Gasteiger partial charge in [-0.05, 0) is 36.4 Å². The van der Waals surface area contributed by atoms with E-state index in [1.54, 1.807) is 0 Å². The molecule has 0 amide bonds. The molecule has 73 heavy (non-hydrogen) atoms. The summed E-state index contributed by atoms with van der Waals surface area (Å²) in [6.45, 7) is -2.14. The van der Waals surface area contributed by atoms with Crippen molar-refractivity contribution in [2.45, 2.75) is 19.6 Å². The third-order valence-corrected chi connectivity index (χ3v) is 12.9. The number of nitro groups is 1. The van der Waals surface area contributed by atoms with Crippen molar-refractivity contribution in [3.63, 3.8) is 0 Å². The number of rotatable bonds is 20. The number of methoxy groups -OCH3 is 1. The number of nitrogens with zero attached hydrogens (tertiary/aromatic N) is 9. The predicted molar refractivity (Wildman–Crippen MR) is 241 cm³/mol. The largest absolute Gasteiger partial charge is 0.505 e. The van der Waals surface area contributed by atoms with E-state index in [1.165, 1.54) is 13.2 Å². The van der Waals surface area contributed by atoms with E-state index in [0.717, 1.165) is 30.3 Å². The first-order valence-corrected chi connectivity index (χ1v) is 25.0. The van der Waals surface area contributed by atoms with E-state index in [4.69, 9.17) is 14.2 Å². The SMILES string of the molecule is COc1ccc(N=Nc2cc(OCCO)c(N=Nc3c(S(=O)(=O)O)cc4c(S(=O)(=O)O)c(-n5nc(C(=O)O)c(N=Nc6ccc([N+](=O)[O-])cc6S(=O)(=O)O)c5O)ccc4c3O)cc2OCCO)c(S(=O)(=O)O)c1. The molecule has 9 N–H and O–H groups in total. The van der Waals surface area contributed by atoms with E-state index < -0.39 is 165 Å². The summed E-state index contributed by atoms with van der Waals surface area (Å²) in [6.07, 6.45) is 0. The molecule has 5 aromatic carbocycles. The first-order chi connectivity index (χ1) is 34.1. The average molecular weight is 1100 g/mol. The molecule has 6 rings (SSSR count). The number of azo groups is 3. The van der Waals surface area contributed by atoms with Crippen LogP contribution in [0.15, 0.2) is 117 Å². The molecule has 0 aliphatic heterocycles. The standard InChI is InChI=1S/C37H31N9O23S4/c1-67-18-3-6-22(29(13-18)71(58,59)60)38-40-23-15-27(69-11-9-48)24(16-26(23)68-10-8-47)41-42-31-30(72(61,62)63)14-20-19(34(31)49)4-7-25(35(20)73(64,65)66)45-36(50)32(33(44-45)37(51)52)43-39-21-5-2-17(46(53)54)12-28(21)70(55,56)57/h2-7,12-16,47-50H,8-11H2,1H3,(H,51,52)(H,55,56,57)(H,58,59,60)(H,61,62,63)(H,64,65,66). The highest BCUT2D eigenvalue weighted by molar-refractivity contribution is 7.87. The lowest BCUT2D eigenvalue weighted by Gasteiger charge is -2.15. The number of phenols is 1. The van der Waals surface area contributed by atoms with Gasteiger partial charge in [0.25, 0.3) is 46.2 Å². The van der Waals surface area contributed by atoms with Crippen molar-refractivity contribution in [2.24, 2.45) is 30.7 Å². The Balaban J connectivity index is 1.54. The molecule has 36 heteroatoms. The van der Waals surface area contributed by atoms with Gasteiger partial charge in [0.15, 0.2) is 11.4 Å². The first-order valence-electron chi connectivity index (χ1n) is 19.3. The van der Waals surface area contributed by atoms with Gasteiger partial charge >= 0.3 is 5.97 Å². The zero-order chi connectivity index (χ0) is 54.0. The predicted octanol–water partition coefficient (Wildman–Crippen LogP) is 5.03. The summed E-state index contributed by atoms with van der Waals surface area (Å²) in [7, 11) is -20.4. The number of carboxylic acid groups (broad SMARTS) is 1. The van der Waals surface area contributed by atoms with Crippen molar-refractivity contribution in [2.75, 3.05) is 33.5 Å². The van der Waals surface area contributed by atoms with E-state index in [-0.39, 0.29) is 27.6 Å². The average Bonchev–Trinajstić information content (AvgIpc) is 3.64. The zero-order valence-electron chi connectivity index (χ0n) is 36.1. The minimum Gasteiger partial charge on any atom is -0.505 e. The van der Waals surface area contributed by atoms with E-state index in [9.17, 15) is 92.3 Å². The summed E-state index contributed by atoms with van der Waals surface area (Å²) in [6, 6.07) is 8.92. The second kappa shape index (κ2) is 20.9. The molecule has 0 saturated heterocycles. The van der Waals surface area contributed by atoms with E-state index >= 15 is 0 Å². The Labute approximate surface area is 407 Å². The Morgan fingerprint density at radius 2 is 1.15 bits per heavy atom. The number of aromatic hydroxyl groups is 2. The Kier molecular flexibility index (Phi) is 15.5. The lowest BCUT2D eigenvalue weighted by Crippen LogP contribution is -2.09. The molecule has 0 unspecified atom stereocenters. The van der Waals surface area contributed by atoms with Crippen LogP contribution in [-0.4, -0.2) is 132 Å². The molecular formula is C37H31N9O23S4. The minimum atomic E-state index is -5.75. The summed E-state index contributed by atoms with van der Waals surface area (Å²) in [5, 5.41) is 87.1. The van der Waals surface area contributed by atoms with Crippen LogP contribution >= 0.6 is 0 Å². The van der Waals surface area contributed by atoms with Crippen LogP contribution in [-0.2, 0) is 40.5 Å². The summed E-state index contributed by atoms with van der Waals surface area (Å²) in [5.41, 5.74) is -7.43. The van der Waals surface area contributed by atoms with Gasteiger partial charge in [-0.15, -0.1) is 30.7 Å². The number of hydrogen-bond donors (Lipinski definition) is 9. The van der Waals surface area contributed by atoms with Crippen LogP contribution < -0.4 is 14.2 Å². The maximum Gasteiger partial charge on any atom is 0.358 e. The van der Waals surface area contributed by atoms with Gasteiger partial charge in [-0.3, -0.25) is 28.3 Å². The van der Waals surface area contributed by atoms with Gasteiger partial charge < -0.3 is 39.7 Å². The number of aromatic nitrogens is 2. The van der Waals surface area contributed by atoms with Crippen LogP contribution in [0.3, 0.4) is 0 Å². The summed E-state index contributed by atoms with van der Waals surface area (Å²) in [4.78, 5) is 17.6. The lowest BCUT2D eigenvalue weighted by atomic mass is 10.1. The lowest BCUT2D eigenvalue weighted by molar-refractivity contribution is -0.385. The van der Waals surface area contributed by atoms with Crippen LogP contribution in [0.4, 0.5) is 39.8 Å². The van der Waals surface area contributed by atoms with Crippen LogP contribution in [0.5, 0.6) is 28.9 Å². The van der Waals surface area contributed by atoms with E-state index in [0.29, 0.717) is 30.3 Å². The number of ether oxygens (including phenoxy) is 3. The molecule has 6 aromatic rings. The van der Waals surface area contributed by atoms with Gasteiger partial charge in [-0.25, -0.2) is 4.79 Å². The number of hydrogen-bond acceptors (Lipinski definition) is 25. The molecule has 0 bridgehead atoms. The third kappa shape index (κ3) is 11.8. The molecular weight excluding hydrogens is 1070 g/mol. The van der Waals surface area contributed by atoms with Crippen molar-refractivity contribution >= 4 is 97.0 Å². The van der Waals surface area contributed by atoms with Gasteiger partial charge in [-0.2, -0.15) is 43.5 Å². The fourth-order valence-corrected chi connectivity index (χ4v) is 9.08. The quantitative estimate of drug-likeness (QED) is 0.0209. The number of aliphatic hydroxyl groups is 2. The second-order valence-corrected chi connectivity index (χ2v) is 19.5. The van der Waals surface area contributed by atoms with E-state index in [2.05, 4.69) is 35.8 Å².